The van der Waals surface area contributed by atoms with Crippen LogP contribution in [0, 0.1) is 5.92 Å². The average molecular weight is 264 g/mol. The predicted octanol–water partition coefficient (Wildman–Crippen LogP) is 2.92. The van der Waals surface area contributed by atoms with Crippen molar-refractivity contribution in [2.24, 2.45) is 11.7 Å². The molecule has 2 N–H and O–H groups in total. The Hall–Kier alpha value is -0.580. The van der Waals surface area contributed by atoms with Gasteiger partial charge < -0.3 is 5.73 Å². The molecule has 0 spiro atoms. The van der Waals surface area contributed by atoms with Gasteiger partial charge in [-0.05, 0) is 36.0 Å². The highest BCUT2D eigenvalue weighted by molar-refractivity contribution is 7.99. The zero-order valence-electron chi connectivity index (χ0n) is 9.63. The Bertz CT molecular complexity index is 470. The van der Waals surface area contributed by atoms with Gasteiger partial charge in [-0.25, -0.2) is 4.98 Å². The van der Waals surface area contributed by atoms with Crippen molar-refractivity contribution in [2.75, 3.05) is 11.5 Å². The maximum atomic E-state index is 6.29. The molecule has 0 saturated carbocycles. The molecular formula is C13H16N2S2. The van der Waals surface area contributed by atoms with Gasteiger partial charge in [-0.3, -0.25) is 0 Å². The molecule has 2 nitrogen and oxygen atoms in total. The van der Waals surface area contributed by atoms with E-state index in [0.29, 0.717) is 5.92 Å². The van der Waals surface area contributed by atoms with E-state index in [2.05, 4.69) is 23.2 Å². The van der Waals surface area contributed by atoms with Gasteiger partial charge in [-0.1, -0.05) is 12.1 Å². The van der Waals surface area contributed by atoms with E-state index in [1.54, 1.807) is 11.3 Å². The first kappa shape index (κ1) is 11.5. The molecule has 1 aromatic heterocycles. The fourth-order valence-electron chi connectivity index (χ4n) is 2.27. The lowest BCUT2D eigenvalue weighted by atomic mass is 9.98. The number of para-hydroxylation sites is 1. The number of nitrogens with zero attached hydrogens (tertiary/aromatic N) is 1. The highest BCUT2D eigenvalue weighted by atomic mass is 32.2. The van der Waals surface area contributed by atoms with Crippen LogP contribution in [0.4, 0.5) is 0 Å². The minimum absolute atomic E-state index is 0.283. The summed E-state index contributed by atoms with van der Waals surface area (Å²) in [5.74, 6) is 3.19. The second-order valence-electron chi connectivity index (χ2n) is 4.57. The summed E-state index contributed by atoms with van der Waals surface area (Å²) < 4.78 is 1.27. The number of fused-ring (bicyclic) bond motifs is 1. The van der Waals surface area contributed by atoms with Crippen molar-refractivity contribution in [1.29, 1.82) is 0 Å². The lowest BCUT2D eigenvalue weighted by molar-refractivity contribution is 0.462. The third-order valence-electron chi connectivity index (χ3n) is 3.32. The number of thiazole rings is 1. The van der Waals surface area contributed by atoms with Crippen molar-refractivity contribution < 1.29 is 0 Å². The highest BCUT2D eigenvalue weighted by Crippen LogP contribution is 2.28. The monoisotopic (exact) mass is 264 g/mol. The van der Waals surface area contributed by atoms with Crippen LogP contribution in [-0.4, -0.2) is 22.5 Å². The van der Waals surface area contributed by atoms with E-state index in [1.807, 2.05) is 17.8 Å². The third-order valence-corrected chi connectivity index (χ3v) is 5.57. The second kappa shape index (κ2) is 4.96. The molecule has 0 bridgehead atoms. The average Bonchev–Trinajstić information content (AvgIpc) is 2.97. The van der Waals surface area contributed by atoms with E-state index in [4.69, 9.17) is 5.73 Å². The van der Waals surface area contributed by atoms with Crippen LogP contribution in [0.3, 0.4) is 0 Å². The first-order chi connectivity index (χ1) is 8.33. The Balaban J connectivity index is 1.75. The van der Waals surface area contributed by atoms with E-state index in [-0.39, 0.29) is 6.04 Å². The van der Waals surface area contributed by atoms with Gasteiger partial charge >= 0.3 is 0 Å². The number of hydrogen-bond acceptors (Lipinski definition) is 4. The van der Waals surface area contributed by atoms with Crippen LogP contribution in [0.5, 0.6) is 0 Å². The summed E-state index contributed by atoms with van der Waals surface area (Å²) in [5.41, 5.74) is 7.40. The Morgan fingerprint density at radius 1 is 1.41 bits per heavy atom. The second-order valence-corrected chi connectivity index (χ2v) is 6.83. The summed E-state index contributed by atoms with van der Waals surface area (Å²) in [6.45, 7) is 0. The molecule has 1 saturated heterocycles. The molecule has 2 unspecified atom stereocenters. The Morgan fingerprint density at radius 3 is 3.06 bits per heavy atom. The molecule has 0 amide bonds. The van der Waals surface area contributed by atoms with Gasteiger partial charge in [-0.15, -0.1) is 11.3 Å². The molecule has 1 aromatic carbocycles. The molecular weight excluding hydrogens is 248 g/mol. The normalized spacial score (nSPS) is 22.1. The van der Waals surface area contributed by atoms with Gasteiger partial charge in [0.1, 0.15) is 0 Å². The summed E-state index contributed by atoms with van der Waals surface area (Å²) in [6.07, 6.45) is 2.21. The Labute approximate surface area is 110 Å². The summed E-state index contributed by atoms with van der Waals surface area (Å²) in [7, 11) is 0. The van der Waals surface area contributed by atoms with Crippen LogP contribution < -0.4 is 5.73 Å². The van der Waals surface area contributed by atoms with Gasteiger partial charge in [0, 0.05) is 12.5 Å². The predicted molar refractivity (Wildman–Crippen MR) is 76.7 cm³/mol. The van der Waals surface area contributed by atoms with Gasteiger partial charge in [0.15, 0.2) is 0 Å². The molecule has 1 aliphatic heterocycles. The molecule has 90 valence electrons. The number of thioether (sulfide) groups is 1. The summed E-state index contributed by atoms with van der Waals surface area (Å²) >= 11 is 3.82. The Kier molecular flexibility index (Phi) is 3.36. The standard InChI is InChI=1S/C13H16N2S2/c14-10(9-5-6-16-8-9)7-13-15-11-3-1-2-4-12(11)17-13/h1-4,9-10H,5-8,14H2. The summed E-state index contributed by atoms with van der Waals surface area (Å²) in [6, 6.07) is 8.60. The minimum atomic E-state index is 0.283. The maximum absolute atomic E-state index is 6.29. The maximum Gasteiger partial charge on any atom is 0.0954 e. The quantitative estimate of drug-likeness (QED) is 0.926. The van der Waals surface area contributed by atoms with Crippen molar-refractivity contribution in [3.05, 3.63) is 29.3 Å². The van der Waals surface area contributed by atoms with Crippen molar-refractivity contribution in [1.82, 2.24) is 4.98 Å². The molecule has 4 heteroatoms. The van der Waals surface area contributed by atoms with Crippen molar-refractivity contribution in [3.8, 4) is 0 Å². The van der Waals surface area contributed by atoms with Gasteiger partial charge in [0.05, 0.1) is 15.2 Å². The van der Waals surface area contributed by atoms with E-state index < -0.39 is 0 Å². The van der Waals surface area contributed by atoms with Crippen molar-refractivity contribution >= 4 is 33.3 Å². The Morgan fingerprint density at radius 2 is 2.29 bits per heavy atom. The third kappa shape index (κ3) is 2.49. The van der Waals surface area contributed by atoms with Crippen LogP contribution in [0.25, 0.3) is 10.2 Å². The van der Waals surface area contributed by atoms with Crippen molar-refractivity contribution in [2.45, 2.75) is 18.9 Å². The first-order valence-corrected chi connectivity index (χ1v) is 7.98. The van der Waals surface area contributed by atoms with E-state index in [1.165, 1.54) is 27.6 Å². The van der Waals surface area contributed by atoms with Crippen molar-refractivity contribution in [3.63, 3.8) is 0 Å². The fourth-order valence-corrected chi connectivity index (χ4v) is 4.66. The topological polar surface area (TPSA) is 38.9 Å². The van der Waals surface area contributed by atoms with E-state index in [9.17, 15) is 0 Å². The smallest absolute Gasteiger partial charge is 0.0954 e. The van der Waals surface area contributed by atoms with Gasteiger partial charge in [-0.2, -0.15) is 11.8 Å². The minimum Gasteiger partial charge on any atom is -0.327 e. The zero-order valence-corrected chi connectivity index (χ0v) is 11.3. The highest BCUT2D eigenvalue weighted by Gasteiger charge is 2.23. The largest absolute Gasteiger partial charge is 0.327 e. The van der Waals surface area contributed by atoms with Gasteiger partial charge in [0.2, 0.25) is 0 Å². The number of benzene rings is 1. The lowest BCUT2D eigenvalue weighted by Gasteiger charge is -2.16. The molecule has 17 heavy (non-hydrogen) atoms. The fraction of sp³-hybridized carbons (Fsp3) is 0.462. The van der Waals surface area contributed by atoms with E-state index in [0.717, 1.165) is 11.9 Å². The number of rotatable bonds is 3. The molecule has 0 radical (unpaired) electrons. The lowest BCUT2D eigenvalue weighted by Crippen LogP contribution is -2.32. The van der Waals surface area contributed by atoms with Crippen LogP contribution in [0.1, 0.15) is 11.4 Å². The van der Waals surface area contributed by atoms with Crippen LogP contribution in [0.2, 0.25) is 0 Å². The molecule has 2 aromatic rings. The molecule has 1 fully saturated rings. The van der Waals surface area contributed by atoms with Gasteiger partial charge in [0.25, 0.3) is 0 Å². The molecule has 2 heterocycles. The van der Waals surface area contributed by atoms with Crippen LogP contribution >= 0.6 is 23.1 Å². The molecule has 0 aliphatic carbocycles. The number of hydrogen-bond donors (Lipinski definition) is 1. The molecule has 1 aliphatic rings. The SMILES string of the molecule is NC(Cc1nc2ccccc2s1)C1CCSC1. The number of nitrogens with two attached hydrogens (primary N) is 1. The first-order valence-electron chi connectivity index (χ1n) is 6.01. The van der Waals surface area contributed by atoms with Crippen LogP contribution in [0.15, 0.2) is 24.3 Å². The summed E-state index contributed by atoms with van der Waals surface area (Å²) in [5, 5.41) is 1.19. The molecule has 2 atom stereocenters. The van der Waals surface area contributed by atoms with Crippen LogP contribution in [-0.2, 0) is 6.42 Å². The number of aromatic nitrogens is 1. The zero-order chi connectivity index (χ0) is 11.7. The molecule has 3 rings (SSSR count). The summed E-state index contributed by atoms with van der Waals surface area (Å²) in [4.78, 5) is 4.66. The van der Waals surface area contributed by atoms with E-state index >= 15 is 0 Å².